The third-order valence-electron chi connectivity index (χ3n) is 3.61. The molecule has 0 amide bonds. The fraction of sp³-hybridized carbons (Fsp3) is 0.786. The number of nitrogens with zero attached hydrogens (tertiary/aromatic N) is 1. The van der Waals surface area contributed by atoms with Crippen LogP contribution in [-0.2, 0) is 6.42 Å². The van der Waals surface area contributed by atoms with Gasteiger partial charge in [0, 0.05) is 6.42 Å². The van der Waals surface area contributed by atoms with E-state index in [2.05, 4.69) is 24.1 Å². The highest BCUT2D eigenvalue weighted by molar-refractivity contribution is 4.99. The average Bonchev–Trinajstić information content (AvgIpc) is 2.98. The molecule has 1 aromatic heterocycles. The lowest BCUT2D eigenvalue weighted by Gasteiger charge is -2.09. The number of hydrogen-bond acceptors (Lipinski definition) is 3. The quantitative estimate of drug-likeness (QED) is 0.822. The molecule has 3 nitrogen and oxygen atoms in total. The lowest BCUT2D eigenvalue weighted by Crippen LogP contribution is -2.19. The van der Waals surface area contributed by atoms with Crippen LogP contribution in [0.3, 0.4) is 0 Å². The van der Waals surface area contributed by atoms with Gasteiger partial charge in [-0.2, -0.15) is 0 Å². The van der Waals surface area contributed by atoms with Crippen molar-refractivity contribution in [2.24, 2.45) is 5.92 Å². The minimum atomic E-state index is 0.229. The zero-order valence-corrected chi connectivity index (χ0v) is 11.0. The lowest BCUT2D eigenvalue weighted by atomic mass is 10.0. The summed E-state index contributed by atoms with van der Waals surface area (Å²) in [6, 6.07) is 0.229. The van der Waals surface area contributed by atoms with Crippen molar-refractivity contribution in [1.82, 2.24) is 10.3 Å². The van der Waals surface area contributed by atoms with E-state index in [1.165, 1.54) is 25.7 Å². The zero-order chi connectivity index (χ0) is 12.1. The Balaban J connectivity index is 1.86. The van der Waals surface area contributed by atoms with E-state index in [4.69, 9.17) is 4.42 Å². The third kappa shape index (κ3) is 3.56. The monoisotopic (exact) mass is 236 g/mol. The summed E-state index contributed by atoms with van der Waals surface area (Å²) < 4.78 is 5.83. The second kappa shape index (κ2) is 6.20. The molecule has 0 spiro atoms. The van der Waals surface area contributed by atoms with E-state index in [0.29, 0.717) is 0 Å². The average molecular weight is 236 g/mol. The zero-order valence-electron chi connectivity index (χ0n) is 11.0. The maximum absolute atomic E-state index is 5.83. The smallest absolute Gasteiger partial charge is 0.211 e. The Hall–Kier alpha value is -0.830. The molecule has 1 saturated carbocycles. The predicted octanol–water partition coefficient (Wildman–Crippen LogP) is 3.47. The lowest BCUT2D eigenvalue weighted by molar-refractivity contribution is 0.376. The SMILES string of the molecule is CCCNC(C)c1ncc(CC2CCCC2)o1. The summed E-state index contributed by atoms with van der Waals surface area (Å²) in [5, 5.41) is 3.40. The van der Waals surface area contributed by atoms with Gasteiger partial charge in [-0.1, -0.05) is 32.6 Å². The molecule has 0 aromatic carbocycles. The molecule has 17 heavy (non-hydrogen) atoms. The molecule has 3 heteroatoms. The molecule has 1 aromatic rings. The van der Waals surface area contributed by atoms with E-state index in [9.17, 15) is 0 Å². The van der Waals surface area contributed by atoms with Gasteiger partial charge in [-0.3, -0.25) is 0 Å². The third-order valence-corrected chi connectivity index (χ3v) is 3.61. The van der Waals surface area contributed by atoms with Crippen molar-refractivity contribution >= 4 is 0 Å². The molecule has 0 bridgehead atoms. The fourth-order valence-corrected chi connectivity index (χ4v) is 2.56. The van der Waals surface area contributed by atoms with Crippen molar-refractivity contribution in [2.45, 2.75) is 58.4 Å². The Morgan fingerprint density at radius 3 is 2.94 bits per heavy atom. The van der Waals surface area contributed by atoms with Crippen molar-refractivity contribution in [1.29, 1.82) is 0 Å². The van der Waals surface area contributed by atoms with E-state index in [0.717, 1.165) is 37.0 Å². The van der Waals surface area contributed by atoms with E-state index < -0.39 is 0 Å². The normalized spacial score (nSPS) is 18.7. The van der Waals surface area contributed by atoms with Gasteiger partial charge in [-0.05, 0) is 25.8 Å². The second-order valence-corrected chi connectivity index (χ2v) is 5.20. The van der Waals surface area contributed by atoms with E-state index >= 15 is 0 Å². The first-order chi connectivity index (χ1) is 8.29. The Kier molecular flexibility index (Phi) is 4.60. The summed E-state index contributed by atoms with van der Waals surface area (Å²) >= 11 is 0. The highest BCUT2D eigenvalue weighted by atomic mass is 16.4. The molecule has 0 saturated heterocycles. The molecule has 96 valence electrons. The highest BCUT2D eigenvalue weighted by Gasteiger charge is 2.18. The van der Waals surface area contributed by atoms with E-state index in [1.807, 2.05) is 6.20 Å². The Labute approximate surface area is 104 Å². The molecule has 1 unspecified atom stereocenters. The Morgan fingerprint density at radius 2 is 2.24 bits per heavy atom. The molecule has 0 aliphatic heterocycles. The molecule has 1 atom stereocenters. The van der Waals surface area contributed by atoms with Crippen molar-refractivity contribution in [3.05, 3.63) is 17.8 Å². The molecule has 0 radical (unpaired) electrons. The van der Waals surface area contributed by atoms with Crippen LogP contribution in [0.4, 0.5) is 0 Å². The van der Waals surface area contributed by atoms with E-state index in [-0.39, 0.29) is 6.04 Å². The van der Waals surface area contributed by atoms with Gasteiger partial charge >= 0.3 is 0 Å². The number of nitrogens with one attached hydrogen (secondary N) is 1. The maximum atomic E-state index is 5.83. The largest absolute Gasteiger partial charge is 0.444 e. The minimum absolute atomic E-state index is 0.229. The highest BCUT2D eigenvalue weighted by Crippen LogP contribution is 2.28. The summed E-state index contributed by atoms with van der Waals surface area (Å²) in [4.78, 5) is 4.38. The summed E-state index contributed by atoms with van der Waals surface area (Å²) in [6.45, 7) is 5.29. The maximum Gasteiger partial charge on any atom is 0.211 e. The number of aromatic nitrogens is 1. The Bertz CT molecular complexity index is 329. The minimum Gasteiger partial charge on any atom is -0.444 e. The Morgan fingerprint density at radius 1 is 1.47 bits per heavy atom. The van der Waals surface area contributed by atoms with Crippen LogP contribution in [0.2, 0.25) is 0 Å². The van der Waals surface area contributed by atoms with Crippen molar-refractivity contribution in [3.8, 4) is 0 Å². The topological polar surface area (TPSA) is 38.1 Å². The predicted molar refractivity (Wildman–Crippen MR) is 68.9 cm³/mol. The van der Waals surface area contributed by atoms with Gasteiger partial charge in [0.2, 0.25) is 5.89 Å². The summed E-state index contributed by atoms with van der Waals surface area (Å²) in [5.41, 5.74) is 0. The van der Waals surface area contributed by atoms with Crippen LogP contribution in [0.25, 0.3) is 0 Å². The first kappa shape index (κ1) is 12.6. The van der Waals surface area contributed by atoms with Gasteiger partial charge in [0.15, 0.2) is 0 Å². The van der Waals surface area contributed by atoms with Crippen molar-refractivity contribution in [3.63, 3.8) is 0 Å². The molecule has 1 aliphatic rings. The van der Waals surface area contributed by atoms with E-state index in [1.54, 1.807) is 0 Å². The van der Waals surface area contributed by atoms with Crippen LogP contribution in [0, 0.1) is 5.92 Å². The molecule has 2 rings (SSSR count). The summed E-state index contributed by atoms with van der Waals surface area (Å²) in [6.07, 6.45) is 9.63. The van der Waals surface area contributed by atoms with Crippen molar-refractivity contribution < 1.29 is 4.42 Å². The van der Waals surface area contributed by atoms with Gasteiger partial charge in [-0.25, -0.2) is 4.98 Å². The molecule has 1 heterocycles. The number of rotatable bonds is 6. The summed E-state index contributed by atoms with van der Waals surface area (Å²) in [5.74, 6) is 2.73. The molecular formula is C14H24N2O. The first-order valence-electron chi connectivity index (χ1n) is 6.97. The van der Waals surface area contributed by atoms with Crippen LogP contribution in [0.5, 0.6) is 0 Å². The van der Waals surface area contributed by atoms with Crippen LogP contribution in [0.15, 0.2) is 10.6 Å². The van der Waals surface area contributed by atoms with Crippen LogP contribution in [0.1, 0.15) is 63.6 Å². The molecule has 1 aliphatic carbocycles. The molecular weight excluding hydrogens is 212 g/mol. The molecule has 1 fully saturated rings. The second-order valence-electron chi connectivity index (χ2n) is 5.20. The van der Waals surface area contributed by atoms with Gasteiger partial charge in [-0.15, -0.1) is 0 Å². The fourth-order valence-electron chi connectivity index (χ4n) is 2.56. The summed E-state index contributed by atoms with van der Waals surface area (Å²) in [7, 11) is 0. The van der Waals surface area contributed by atoms with Crippen molar-refractivity contribution in [2.75, 3.05) is 6.54 Å². The van der Waals surface area contributed by atoms with Gasteiger partial charge < -0.3 is 9.73 Å². The number of hydrogen-bond donors (Lipinski definition) is 1. The van der Waals surface area contributed by atoms with Crippen LogP contribution >= 0.6 is 0 Å². The van der Waals surface area contributed by atoms with Gasteiger partial charge in [0.05, 0.1) is 12.2 Å². The van der Waals surface area contributed by atoms with Gasteiger partial charge in [0.1, 0.15) is 5.76 Å². The first-order valence-corrected chi connectivity index (χ1v) is 6.97. The van der Waals surface area contributed by atoms with Crippen LogP contribution in [-0.4, -0.2) is 11.5 Å². The van der Waals surface area contributed by atoms with Gasteiger partial charge in [0.25, 0.3) is 0 Å². The standard InChI is InChI=1S/C14H24N2O/c1-3-8-15-11(2)14-16-10-13(17-14)9-12-6-4-5-7-12/h10-12,15H,3-9H2,1-2H3. The number of oxazole rings is 1. The van der Waals surface area contributed by atoms with Crippen LogP contribution < -0.4 is 5.32 Å². The molecule has 1 N–H and O–H groups in total.